The van der Waals surface area contributed by atoms with Crippen LogP contribution in [0, 0.1) is 23.7 Å². The lowest BCUT2D eigenvalue weighted by atomic mass is 9.75. The van der Waals surface area contributed by atoms with Gasteiger partial charge in [-0.1, -0.05) is 51.7 Å². The first-order valence-electron chi connectivity index (χ1n) is 13.2. The van der Waals surface area contributed by atoms with E-state index in [1.807, 2.05) is 12.1 Å². The van der Waals surface area contributed by atoms with Crippen molar-refractivity contribution in [1.82, 2.24) is 0 Å². The van der Waals surface area contributed by atoms with E-state index >= 15 is 0 Å². The topological polar surface area (TPSA) is 18.5 Å². The molecule has 0 aromatic heterocycles. The van der Waals surface area contributed by atoms with Crippen LogP contribution in [-0.4, -0.2) is 19.8 Å². The lowest BCUT2D eigenvalue weighted by Gasteiger charge is -2.32. The van der Waals surface area contributed by atoms with Crippen molar-refractivity contribution in [3.05, 3.63) is 29.8 Å². The molecule has 1 aromatic rings. The fraction of sp³-hybridized carbons (Fsp3) is 0.786. The number of halogens is 2. The summed E-state index contributed by atoms with van der Waals surface area (Å²) in [5.74, 6) is 4.16. The van der Waals surface area contributed by atoms with Gasteiger partial charge in [0, 0.05) is 13.2 Å². The van der Waals surface area contributed by atoms with Crippen LogP contribution in [0.25, 0.3) is 0 Å². The van der Waals surface area contributed by atoms with E-state index in [0.717, 1.165) is 31.0 Å². The summed E-state index contributed by atoms with van der Waals surface area (Å²) in [6, 6.07) is 7.24. The van der Waals surface area contributed by atoms with E-state index in [2.05, 4.69) is 18.6 Å². The average Bonchev–Trinajstić information content (AvgIpc) is 2.80. The van der Waals surface area contributed by atoms with Crippen LogP contribution in [0.4, 0.5) is 8.78 Å². The first-order chi connectivity index (χ1) is 15.5. The molecular weight excluding hydrogens is 406 g/mol. The molecule has 0 amide bonds. The Morgan fingerprint density at radius 1 is 0.875 bits per heavy atom. The zero-order chi connectivity index (χ0) is 22.8. The molecule has 32 heavy (non-hydrogen) atoms. The van der Waals surface area contributed by atoms with Crippen molar-refractivity contribution < 1.29 is 18.3 Å². The number of benzene rings is 1. The molecule has 2 aliphatic carbocycles. The van der Waals surface area contributed by atoms with E-state index < -0.39 is 6.61 Å². The van der Waals surface area contributed by atoms with Gasteiger partial charge in [0.1, 0.15) is 5.75 Å². The molecule has 1 atom stereocenters. The molecule has 0 N–H and O–H groups in total. The molecule has 2 fully saturated rings. The van der Waals surface area contributed by atoms with Crippen LogP contribution in [0.5, 0.6) is 5.75 Å². The van der Waals surface area contributed by atoms with E-state index in [1.165, 1.54) is 82.6 Å². The van der Waals surface area contributed by atoms with Crippen molar-refractivity contribution in [2.75, 3.05) is 13.2 Å². The summed E-state index contributed by atoms with van der Waals surface area (Å²) >= 11 is 0. The maximum absolute atomic E-state index is 12.3. The van der Waals surface area contributed by atoms with Crippen molar-refractivity contribution >= 4 is 0 Å². The quantitative estimate of drug-likeness (QED) is 0.297. The molecule has 3 rings (SSSR count). The molecule has 0 spiro atoms. The molecule has 0 saturated heterocycles. The van der Waals surface area contributed by atoms with Crippen LogP contribution in [-0.2, 0) is 4.74 Å². The molecule has 0 radical (unpaired) electrons. The second kappa shape index (κ2) is 13.5. The first kappa shape index (κ1) is 25.5. The van der Waals surface area contributed by atoms with Gasteiger partial charge in [-0.05, 0) is 98.7 Å². The summed E-state index contributed by atoms with van der Waals surface area (Å²) < 4.78 is 35.1. The fourth-order valence-electron chi connectivity index (χ4n) is 6.04. The summed E-state index contributed by atoms with van der Waals surface area (Å²) in [7, 11) is 0. The Kier molecular flexibility index (Phi) is 10.8. The van der Waals surface area contributed by atoms with Gasteiger partial charge in [-0.2, -0.15) is 8.78 Å². The van der Waals surface area contributed by atoms with Crippen molar-refractivity contribution in [1.29, 1.82) is 0 Å². The number of hydrogen-bond donors (Lipinski definition) is 0. The number of hydrogen-bond acceptors (Lipinski definition) is 2. The van der Waals surface area contributed by atoms with E-state index in [1.54, 1.807) is 12.1 Å². The van der Waals surface area contributed by atoms with E-state index in [-0.39, 0.29) is 5.75 Å². The summed E-state index contributed by atoms with van der Waals surface area (Å²) in [6.07, 6.45) is 15.8. The molecule has 0 heterocycles. The third-order valence-electron chi connectivity index (χ3n) is 8.10. The van der Waals surface area contributed by atoms with Gasteiger partial charge >= 0.3 is 6.61 Å². The Morgan fingerprint density at radius 2 is 1.50 bits per heavy atom. The van der Waals surface area contributed by atoms with Gasteiger partial charge in [-0.3, -0.25) is 0 Å². The van der Waals surface area contributed by atoms with Crippen LogP contribution in [0.1, 0.15) is 102 Å². The SMILES string of the molecule is CCCC1CCC(C(C)COCCCC2CCC(c3ccc(OC(F)F)cc3)CC2)CC1. The molecule has 4 heteroatoms. The van der Waals surface area contributed by atoms with Gasteiger partial charge in [0.15, 0.2) is 0 Å². The summed E-state index contributed by atoms with van der Waals surface area (Å²) in [5, 5.41) is 0. The highest BCUT2D eigenvalue weighted by Gasteiger charge is 2.25. The predicted octanol–water partition coefficient (Wildman–Crippen LogP) is 8.60. The van der Waals surface area contributed by atoms with Gasteiger partial charge in [0.05, 0.1) is 0 Å². The molecule has 2 saturated carbocycles. The van der Waals surface area contributed by atoms with Crippen LogP contribution in [0.15, 0.2) is 24.3 Å². The third kappa shape index (κ3) is 8.32. The lowest BCUT2D eigenvalue weighted by molar-refractivity contribution is -0.0498. The van der Waals surface area contributed by atoms with E-state index in [4.69, 9.17) is 4.74 Å². The largest absolute Gasteiger partial charge is 0.435 e. The molecule has 0 bridgehead atoms. The zero-order valence-corrected chi connectivity index (χ0v) is 20.2. The van der Waals surface area contributed by atoms with Crippen molar-refractivity contribution in [3.8, 4) is 5.75 Å². The van der Waals surface area contributed by atoms with Gasteiger partial charge < -0.3 is 9.47 Å². The Labute approximate surface area is 194 Å². The molecular formula is C28H44F2O2. The van der Waals surface area contributed by atoms with Crippen molar-refractivity contribution in [2.45, 2.75) is 103 Å². The molecule has 0 aliphatic heterocycles. The molecule has 1 unspecified atom stereocenters. The summed E-state index contributed by atoms with van der Waals surface area (Å²) in [5.41, 5.74) is 1.26. The van der Waals surface area contributed by atoms with Crippen LogP contribution in [0.3, 0.4) is 0 Å². The van der Waals surface area contributed by atoms with Crippen molar-refractivity contribution in [3.63, 3.8) is 0 Å². The van der Waals surface area contributed by atoms with Gasteiger partial charge in [-0.25, -0.2) is 0 Å². The standard InChI is InChI=1S/C28H44F2O2/c1-3-5-22-7-11-24(12-8-22)21(2)20-31-19-4-6-23-9-13-25(14-10-23)26-15-17-27(18-16-26)32-28(29)30/h15-18,21-25,28H,3-14,19-20H2,1-2H3. The average molecular weight is 451 g/mol. The van der Waals surface area contributed by atoms with Gasteiger partial charge in [-0.15, -0.1) is 0 Å². The minimum atomic E-state index is -2.76. The minimum Gasteiger partial charge on any atom is -0.435 e. The Morgan fingerprint density at radius 3 is 2.12 bits per heavy atom. The maximum Gasteiger partial charge on any atom is 0.387 e. The third-order valence-corrected chi connectivity index (χ3v) is 8.10. The number of alkyl halides is 2. The van der Waals surface area contributed by atoms with Gasteiger partial charge in [0.2, 0.25) is 0 Å². The predicted molar refractivity (Wildman–Crippen MR) is 127 cm³/mol. The van der Waals surface area contributed by atoms with E-state index in [9.17, 15) is 8.78 Å². The molecule has 2 nitrogen and oxygen atoms in total. The summed E-state index contributed by atoms with van der Waals surface area (Å²) in [6.45, 7) is 3.78. The second-order valence-corrected chi connectivity index (χ2v) is 10.4. The lowest BCUT2D eigenvalue weighted by Crippen LogP contribution is -2.23. The Bertz CT molecular complexity index is 617. The molecule has 182 valence electrons. The first-order valence-corrected chi connectivity index (χ1v) is 13.2. The highest BCUT2D eigenvalue weighted by atomic mass is 19.3. The smallest absolute Gasteiger partial charge is 0.387 e. The van der Waals surface area contributed by atoms with Crippen LogP contribution < -0.4 is 4.74 Å². The highest BCUT2D eigenvalue weighted by Crippen LogP contribution is 2.38. The van der Waals surface area contributed by atoms with Crippen molar-refractivity contribution in [2.24, 2.45) is 23.7 Å². The Balaban J connectivity index is 1.24. The highest BCUT2D eigenvalue weighted by molar-refractivity contribution is 5.29. The monoisotopic (exact) mass is 450 g/mol. The maximum atomic E-state index is 12.3. The minimum absolute atomic E-state index is 0.246. The number of ether oxygens (including phenoxy) is 2. The van der Waals surface area contributed by atoms with Gasteiger partial charge in [0.25, 0.3) is 0 Å². The normalized spacial score (nSPS) is 27.4. The van der Waals surface area contributed by atoms with Crippen LogP contribution in [0.2, 0.25) is 0 Å². The molecule has 2 aliphatic rings. The summed E-state index contributed by atoms with van der Waals surface area (Å²) in [4.78, 5) is 0. The Hall–Kier alpha value is -1.16. The zero-order valence-electron chi connectivity index (χ0n) is 20.2. The van der Waals surface area contributed by atoms with Crippen LogP contribution >= 0.6 is 0 Å². The fourth-order valence-corrected chi connectivity index (χ4v) is 6.04. The van der Waals surface area contributed by atoms with E-state index in [0.29, 0.717) is 11.8 Å². The number of rotatable bonds is 12. The molecule has 1 aromatic carbocycles. The second-order valence-electron chi connectivity index (χ2n) is 10.4.